The molecule has 37 heavy (non-hydrogen) atoms. The van der Waals surface area contributed by atoms with Gasteiger partial charge in [0.2, 0.25) is 11.6 Å². The van der Waals surface area contributed by atoms with Crippen molar-refractivity contribution < 1.29 is 13.9 Å². The number of anilines is 2. The molecule has 0 atom stereocenters. The topological polar surface area (TPSA) is 108 Å². The fourth-order valence-electron chi connectivity index (χ4n) is 3.51. The quantitative estimate of drug-likeness (QED) is 0.227. The molecule has 0 spiro atoms. The van der Waals surface area contributed by atoms with Crippen LogP contribution >= 0.6 is 11.6 Å². The predicted octanol–water partition coefficient (Wildman–Crippen LogP) is 5.38. The second-order valence-electron chi connectivity index (χ2n) is 7.73. The van der Waals surface area contributed by atoms with Crippen LogP contribution in [0.25, 0.3) is 34.2 Å². The number of esters is 1. The average molecular weight is 516 g/mol. The minimum Gasteiger partial charge on any atom is -0.463 e. The summed E-state index contributed by atoms with van der Waals surface area (Å²) < 4.78 is 18.5. The second-order valence-corrected chi connectivity index (χ2v) is 8.14. The SMILES string of the molecule is CCOC(=O)C=Cc1cccc(-c2cnc(Nc3ccc(F)c(Cl)c3)nc2-n2nc3cccnc3n2)c1. The fraction of sp³-hybridized carbons (Fsp3) is 0.0769. The zero-order valence-electron chi connectivity index (χ0n) is 19.5. The maximum Gasteiger partial charge on any atom is 0.330 e. The summed E-state index contributed by atoms with van der Waals surface area (Å²) in [4.78, 5) is 26.5. The highest BCUT2D eigenvalue weighted by molar-refractivity contribution is 6.31. The maximum atomic E-state index is 13.6. The number of nitrogens with one attached hydrogen (secondary N) is 1. The molecule has 2 aromatic carbocycles. The number of rotatable bonds is 7. The molecule has 0 bridgehead atoms. The van der Waals surface area contributed by atoms with Crippen molar-refractivity contribution in [1.82, 2.24) is 29.9 Å². The van der Waals surface area contributed by atoms with Crippen molar-refractivity contribution in [1.29, 1.82) is 0 Å². The molecular weight excluding hydrogens is 497 g/mol. The van der Waals surface area contributed by atoms with Crippen LogP contribution in [0.15, 0.2) is 73.1 Å². The van der Waals surface area contributed by atoms with Crippen LogP contribution in [0.2, 0.25) is 5.02 Å². The van der Waals surface area contributed by atoms with E-state index in [2.05, 4.69) is 30.5 Å². The molecule has 0 aliphatic rings. The number of halogens is 2. The molecule has 3 aromatic heterocycles. The summed E-state index contributed by atoms with van der Waals surface area (Å²) in [5.41, 5.74) is 3.74. The van der Waals surface area contributed by atoms with Gasteiger partial charge in [0, 0.05) is 29.7 Å². The van der Waals surface area contributed by atoms with Crippen LogP contribution in [-0.2, 0) is 9.53 Å². The van der Waals surface area contributed by atoms with Gasteiger partial charge in [-0.2, -0.15) is 4.98 Å². The number of hydrogen-bond donors (Lipinski definition) is 1. The van der Waals surface area contributed by atoms with Gasteiger partial charge in [0.25, 0.3) is 0 Å². The molecule has 9 nitrogen and oxygen atoms in total. The van der Waals surface area contributed by atoms with Gasteiger partial charge in [-0.3, -0.25) is 0 Å². The van der Waals surface area contributed by atoms with Gasteiger partial charge in [0.1, 0.15) is 11.3 Å². The molecular formula is C26H19ClFN7O2. The lowest BCUT2D eigenvalue weighted by molar-refractivity contribution is -0.137. The Hall–Kier alpha value is -4.70. The lowest BCUT2D eigenvalue weighted by atomic mass is 10.0. The molecule has 0 aliphatic carbocycles. The van der Waals surface area contributed by atoms with Crippen molar-refractivity contribution in [3.8, 4) is 16.9 Å². The van der Waals surface area contributed by atoms with E-state index in [4.69, 9.17) is 16.3 Å². The van der Waals surface area contributed by atoms with Gasteiger partial charge in [-0.05, 0) is 60.5 Å². The molecule has 3 heterocycles. The fourth-order valence-corrected chi connectivity index (χ4v) is 3.69. The van der Waals surface area contributed by atoms with E-state index in [1.54, 1.807) is 37.5 Å². The van der Waals surface area contributed by atoms with Gasteiger partial charge in [-0.1, -0.05) is 29.8 Å². The molecule has 11 heteroatoms. The van der Waals surface area contributed by atoms with Crippen molar-refractivity contribution >= 4 is 46.4 Å². The zero-order chi connectivity index (χ0) is 25.8. The summed E-state index contributed by atoms with van der Waals surface area (Å²) in [5, 5.41) is 12.0. The minimum absolute atomic E-state index is 0.0272. The number of pyridine rings is 1. The van der Waals surface area contributed by atoms with Crippen molar-refractivity contribution in [2.24, 2.45) is 0 Å². The number of carbonyl (C=O) groups is 1. The number of nitrogens with zero attached hydrogens (tertiary/aromatic N) is 6. The summed E-state index contributed by atoms with van der Waals surface area (Å²) >= 11 is 5.91. The Morgan fingerprint density at radius 1 is 1.14 bits per heavy atom. The van der Waals surface area contributed by atoms with Crippen LogP contribution in [-0.4, -0.2) is 42.5 Å². The molecule has 0 amide bonds. The van der Waals surface area contributed by atoms with Gasteiger partial charge in [-0.25, -0.2) is 19.2 Å². The van der Waals surface area contributed by atoms with Crippen molar-refractivity contribution in [3.05, 3.63) is 89.5 Å². The molecule has 184 valence electrons. The minimum atomic E-state index is -0.527. The van der Waals surface area contributed by atoms with Gasteiger partial charge < -0.3 is 10.1 Å². The Labute approximate surface area is 215 Å². The van der Waals surface area contributed by atoms with E-state index in [1.165, 1.54) is 29.1 Å². The van der Waals surface area contributed by atoms with Crippen molar-refractivity contribution in [3.63, 3.8) is 0 Å². The van der Waals surface area contributed by atoms with E-state index < -0.39 is 11.8 Å². The van der Waals surface area contributed by atoms with Crippen LogP contribution in [0, 0.1) is 5.82 Å². The van der Waals surface area contributed by atoms with Crippen LogP contribution in [0.1, 0.15) is 12.5 Å². The molecule has 5 aromatic rings. The van der Waals surface area contributed by atoms with E-state index in [9.17, 15) is 9.18 Å². The molecule has 0 radical (unpaired) electrons. The number of aromatic nitrogens is 6. The van der Waals surface area contributed by atoms with E-state index in [1.807, 2.05) is 24.3 Å². The molecule has 5 rings (SSSR count). The molecule has 0 saturated carbocycles. The first-order valence-electron chi connectivity index (χ1n) is 11.2. The van der Waals surface area contributed by atoms with Gasteiger partial charge in [0.15, 0.2) is 5.82 Å². The maximum absolute atomic E-state index is 13.6. The van der Waals surface area contributed by atoms with Crippen LogP contribution in [0.5, 0.6) is 0 Å². The van der Waals surface area contributed by atoms with Gasteiger partial charge in [-0.15, -0.1) is 15.0 Å². The lowest BCUT2D eigenvalue weighted by Crippen LogP contribution is -2.08. The average Bonchev–Trinajstić information content (AvgIpc) is 3.34. The first kappa shape index (κ1) is 24.0. The van der Waals surface area contributed by atoms with Crippen LogP contribution in [0.4, 0.5) is 16.0 Å². The Morgan fingerprint density at radius 3 is 2.84 bits per heavy atom. The lowest BCUT2D eigenvalue weighted by Gasteiger charge is -2.11. The summed E-state index contributed by atoms with van der Waals surface area (Å²) in [7, 11) is 0. The molecule has 0 unspecified atom stereocenters. The smallest absolute Gasteiger partial charge is 0.330 e. The van der Waals surface area contributed by atoms with Crippen LogP contribution in [0.3, 0.4) is 0 Å². The Balaban J connectivity index is 1.57. The number of benzene rings is 2. The zero-order valence-corrected chi connectivity index (χ0v) is 20.2. The summed E-state index contributed by atoms with van der Waals surface area (Å²) in [6, 6.07) is 15.3. The standard InChI is InChI=1S/C26H19ClFN7O2/c1-2-37-23(36)11-8-16-5-3-6-17(13-16)19-15-30-26(31-18-9-10-21(28)20(27)14-18)32-25(19)35-33-22-7-4-12-29-24(22)34-35/h3-15H,2H2,1H3,(H,30,31,32). The van der Waals surface area contributed by atoms with Crippen molar-refractivity contribution in [2.45, 2.75) is 6.92 Å². The summed E-state index contributed by atoms with van der Waals surface area (Å²) in [5.74, 6) is -0.335. The first-order valence-corrected chi connectivity index (χ1v) is 11.6. The van der Waals surface area contributed by atoms with Gasteiger partial charge >= 0.3 is 5.97 Å². The third-order valence-electron chi connectivity index (χ3n) is 5.19. The molecule has 0 aliphatic heterocycles. The number of fused-ring (bicyclic) bond motifs is 1. The Kier molecular flexibility index (Phi) is 6.82. The van der Waals surface area contributed by atoms with Crippen molar-refractivity contribution in [2.75, 3.05) is 11.9 Å². The third kappa shape index (κ3) is 5.44. The summed E-state index contributed by atoms with van der Waals surface area (Å²) in [6.45, 7) is 2.05. The van der Waals surface area contributed by atoms with E-state index in [0.717, 1.165) is 11.1 Å². The molecule has 0 saturated heterocycles. The number of ether oxygens (including phenoxy) is 1. The normalized spacial score (nSPS) is 11.2. The van der Waals surface area contributed by atoms with Crippen LogP contribution < -0.4 is 5.32 Å². The van der Waals surface area contributed by atoms with E-state index >= 15 is 0 Å². The number of carbonyl (C=O) groups excluding carboxylic acids is 1. The van der Waals surface area contributed by atoms with Gasteiger partial charge in [0.05, 0.1) is 11.6 Å². The second kappa shape index (κ2) is 10.5. The summed E-state index contributed by atoms with van der Waals surface area (Å²) in [6.07, 6.45) is 6.30. The first-order chi connectivity index (χ1) is 18.0. The highest BCUT2D eigenvalue weighted by Crippen LogP contribution is 2.28. The molecule has 1 N–H and O–H groups in total. The Bertz CT molecular complexity index is 1600. The highest BCUT2D eigenvalue weighted by Gasteiger charge is 2.16. The largest absolute Gasteiger partial charge is 0.463 e. The van der Waals surface area contributed by atoms with E-state index in [0.29, 0.717) is 34.8 Å². The highest BCUT2D eigenvalue weighted by atomic mass is 35.5. The third-order valence-corrected chi connectivity index (χ3v) is 5.48. The Morgan fingerprint density at radius 2 is 2.03 bits per heavy atom. The monoisotopic (exact) mass is 515 g/mol. The number of hydrogen-bond acceptors (Lipinski definition) is 8. The molecule has 0 fully saturated rings. The predicted molar refractivity (Wildman–Crippen MR) is 138 cm³/mol. The van der Waals surface area contributed by atoms with E-state index in [-0.39, 0.29) is 11.0 Å².